The molecule has 2 N–H and O–H groups in total. The van der Waals surface area contributed by atoms with Gasteiger partial charge in [-0.15, -0.1) is 0 Å². The number of amides is 1. The van der Waals surface area contributed by atoms with E-state index in [9.17, 15) is 4.79 Å². The number of hydrogen-bond donors (Lipinski definition) is 1. The molecule has 2 atom stereocenters. The van der Waals surface area contributed by atoms with Gasteiger partial charge >= 0.3 is 6.09 Å². The molecule has 1 fully saturated rings. The van der Waals surface area contributed by atoms with Gasteiger partial charge < -0.3 is 19.9 Å². The van der Waals surface area contributed by atoms with Crippen LogP contribution in [0.25, 0.3) is 0 Å². The van der Waals surface area contributed by atoms with Crippen LogP contribution in [0, 0.1) is 0 Å². The van der Waals surface area contributed by atoms with Crippen LogP contribution in [0.5, 0.6) is 5.75 Å². The van der Waals surface area contributed by atoms with E-state index >= 15 is 0 Å². The first kappa shape index (κ1) is 19.5. The highest BCUT2D eigenvalue weighted by Crippen LogP contribution is 2.25. The summed E-state index contributed by atoms with van der Waals surface area (Å²) in [5.41, 5.74) is 6.83. The van der Waals surface area contributed by atoms with Gasteiger partial charge in [0.1, 0.15) is 11.4 Å². The molecule has 6 heteroatoms. The molecule has 1 aliphatic rings. The lowest BCUT2D eigenvalue weighted by atomic mass is 9.98. The quantitative estimate of drug-likeness (QED) is 0.903. The third-order valence-electron chi connectivity index (χ3n) is 3.84. The molecule has 0 radical (unpaired) electrons. The van der Waals surface area contributed by atoms with E-state index in [2.05, 4.69) is 0 Å². The Hall–Kier alpha value is -1.79. The number of carbonyl (C=O) groups excluding carboxylic acids is 1. The molecule has 2 unspecified atom stereocenters. The largest absolute Gasteiger partial charge is 0.491 e. The molecule has 0 spiro atoms. The van der Waals surface area contributed by atoms with E-state index in [-0.39, 0.29) is 24.3 Å². The average molecular weight is 350 g/mol. The highest BCUT2D eigenvalue weighted by Gasteiger charge is 2.35. The molecule has 0 saturated carbocycles. The third kappa shape index (κ3) is 5.61. The SMILES string of the molecule is CC(C)Oc1ccc(C(N)C2COCCN2C(=O)OC(C)(C)C)cc1. The van der Waals surface area contributed by atoms with Crippen molar-refractivity contribution in [2.75, 3.05) is 19.8 Å². The molecule has 0 bridgehead atoms. The van der Waals surface area contributed by atoms with Crippen LogP contribution < -0.4 is 10.5 Å². The first-order chi connectivity index (χ1) is 11.7. The second kappa shape index (κ2) is 8.06. The van der Waals surface area contributed by atoms with E-state index in [0.717, 1.165) is 11.3 Å². The fraction of sp³-hybridized carbons (Fsp3) is 0.632. The molecule has 1 saturated heterocycles. The van der Waals surface area contributed by atoms with Gasteiger partial charge in [-0.2, -0.15) is 0 Å². The summed E-state index contributed by atoms with van der Waals surface area (Å²) in [7, 11) is 0. The molecule has 1 amide bonds. The van der Waals surface area contributed by atoms with Gasteiger partial charge in [-0.1, -0.05) is 12.1 Å². The minimum Gasteiger partial charge on any atom is -0.491 e. The molecule has 0 aliphatic carbocycles. The van der Waals surface area contributed by atoms with Crippen LogP contribution in [-0.4, -0.2) is 48.5 Å². The molecule has 1 aromatic carbocycles. The highest BCUT2D eigenvalue weighted by molar-refractivity contribution is 5.69. The maximum atomic E-state index is 12.5. The Bertz CT molecular complexity index is 566. The van der Waals surface area contributed by atoms with Crippen molar-refractivity contribution in [3.05, 3.63) is 29.8 Å². The zero-order valence-electron chi connectivity index (χ0n) is 15.8. The predicted octanol–water partition coefficient (Wildman–Crippen LogP) is 3.11. The van der Waals surface area contributed by atoms with Gasteiger partial charge in [0, 0.05) is 6.54 Å². The van der Waals surface area contributed by atoms with Gasteiger partial charge in [-0.3, -0.25) is 4.90 Å². The van der Waals surface area contributed by atoms with Crippen molar-refractivity contribution in [1.29, 1.82) is 0 Å². The number of hydrogen-bond acceptors (Lipinski definition) is 5. The molecule has 0 aromatic heterocycles. The summed E-state index contributed by atoms with van der Waals surface area (Å²) in [6.45, 7) is 10.9. The number of benzene rings is 1. The Morgan fingerprint density at radius 1 is 1.28 bits per heavy atom. The first-order valence-corrected chi connectivity index (χ1v) is 8.77. The normalized spacial score (nSPS) is 19.6. The zero-order chi connectivity index (χ0) is 18.6. The van der Waals surface area contributed by atoms with Crippen molar-refractivity contribution in [2.24, 2.45) is 5.73 Å². The van der Waals surface area contributed by atoms with E-state index < -0.39 is 5.60 Å². The van der Waals surface area contributed by atoms with Gasteiger partial charge in [0.05, 0.1) is 31.4 Å². The molecule has 140 valence electrons. The van der Waals surface area contributed by atoms with Crippen molar-refractivity contribution in [3.63, 3.8) is 0 Å². The van der Waals surface area contributed by atoms with E-state index in [1.807, 2.05) is 58.9 Å². The van der Waals surface area contributed by atoms with Crippen LogP contribution in [0.3, 0.4) is 0 Å². The van der Waals surface area contributed by atoms with Crippen LogP contribution in [0.1, 0.15) is 46.2 Å². The van der Waals surface area contributed by atoms with E-state index in [1.54, 1.807) is 4.90 Å². The Kier molecular flexibility index (Phi) is 6.30. The van der Waals surface area contributed by atoms with E-state index in [0.29, 0.717) is 19.8 Å². The lowest BCUT2D eigenvalue weighted by Crippen LogP contribution is -2.54. The number of nitrogens with two attached hydrogens (primary N) is 1. The smallest absolute Gasteiger partial charge is 0.410 e. The summed E-state index contributed by atoms with van der Waals surface area (Å²) in [5.74, 6) is 0.801. The molecule has 1 aliphatic heterocycles. The molecule has 1 aromatic rings. The lowest BCUT2D eigenvalue weighted by Gasteiger charge is -2.39. The summed E-state index contributed by atoms with van der Waals surface area (Å²) >= 11 is 0. The number of ether oxygens (including phenoxy) is 3. The summed E-state index contributed by atoms with van der Waals surface area (Å²) in [6.07, 6.45) is -0.232. The number of nitrogens with zero attached hydrogens (tertiary/aromatic N) is 1. The Balaban J connectivity index is 2.11. The van der Waals surface area contributed by atoms with Crippen LogP contribution >= 0.6 is 0 Å². The fourth-order valence-corrected chi connectivity index (χ4v) is 2.73. The number of rotatable bonds is 4. The van der Waals surface area contributed by atoms with Crippen molar-refractivity contribution in [1.82, 2.24) is 4.90 Å². The van der Waals surface area contributed by atoms with Crippen molar-refractivity contribution in [3.8, 4) is 5.75 Å². The van der Waals surface area contributed by atoms with Gasteiger partial charge in [-0.25, -0.2) is 4.79 Å². The molecule has 1 heterocycles. The molecule has 2 rings (SSSR count). The molecular weight excluding hydrogens is 320 g/mol. The summed E-state index contributed by atoms with van der Waals surface area (Å²) < 4.78 is 16.7. The lowest BCUT2D eigenvalue weighted by molar-refractivity contribution is -0.0382. The zero-order valence-corrected chi connectivity index (χ0v) is 15.8. The van der Waals surface area contributed by atoms with Crippen LogP contribution in [0.15, 0.2) is 24.3 Å². The van der Waals surface area contributed by atoms with E-state index in [4.69, 9.17) is 19.9 Å². The van der Waals surface area contributed by atoms with Crippen LogP contribution in [0.4, 0.5) is 4.79 Å². The van der Waals surface area contributed by atoms with Crippen molar-refractivity contribution < 1.29 is 19.0 Å². The minimum atomic E-state index is -0.542. The second-order valence-corrected chi connectivity index (χ2v) is 7.58. The molecular formula is C19H30N2O4. The van der Waals surface area contributed by atoms with Crippen LogP contribution in [0.2, 0.25) is 0 Å². The fourth-order valence-electron chi connectivity index (χ4n) is 2.73. The summed E-state index contributed by atoms with van der Waals surface area (Å²) in [6, 6.07) is 7.04. The topological polar surface area (TPSA) is 74.0 Å². The predicted molar refractivity (Wildman–Crippen MR) is 96.7 cm³/mol. The monoisotopic (exact) mass is 350 g/mol. The van der Waals surface area contributed by atoms with Crippen molar-refractivity contribution >= 4 is 6.09 Å². The summed E-state index contributed by atoms with van der Waals surface area (Å²) in [5, 5.41) is 0. The molecule has 25 heavy (non-hydrogen) atoms. The first-order valence-electron chi connectivity index (χ1n) is 8.77. The maximum Gasteiger partial charge on any atom is 0.410 e. The van der Waals surface area contributed by atoms with Gasteiger partial charge in [0.25, 0.3) is 0 Å². The second-order valence-electron chi connectivity index (χ2n) is 7.58. The Labute approximate surface area is 150 Å². The number of morpholine rings is 1. The Morgan fingerprint density at radius 3 is 2.48 bits per heavy atom. The minimum absolute atomic E-state index is 0.119. The van der Waals surface area contributed by atoms with Crippen molar-refractivity contribution in [2.45, 2.75) is 58.4 Å². The highest BCUT2D eigenvalue weighted by atomic mass is 16.6. The number of carbonyl (C=O) groups is 1. The average Bonchev–Trinajstić information content (AvgIpc) is 2.53. The van der Waals surface area contributed by atoms with Gasteiger partial charge in [0.2, 0.25) is 0 Å². The Morgan fingerprint density at radius 2 is 1.92 bits per heavy atom. The maximum absolute atomic E-state index is 12.5. The van der Waals surface area contributed by atoms with E-state index in [1.165, 1.54) is 0 Å². The third-order valence-corrected chi connectivity index (χ3v) is 3.84. The standard InChI is InChI=1S/C19H30N2O4/c1-13(2)24-15-8-6-14(7-9-15)17(20)16-12-23-11-10-21(16)18(22)25-19(3,4)5/h6-9,13,16-17H,10-12,20H2,1-5H3. The van der Waals surface area contributed by atoms with Crippen LogP contribution in [-0.2, 0) is 9.47 Å². The summed E-state index contributed by atoms with van der Waals surface area (Å²) in [4.78, 5) is 14.2. The van der Waals surface area contributed by atoms with Gasteiger partial charge in [0.15, 0.2) is 0 Å². The van der Waals surface area contributed by atoms with Gasteiger partial charge in [-0.05, 0) is 52.3 Å². The molecule has 6 nitrogen and oxygen atoms in total.